The summed E-state index contributed by atoms with van der Waals surface area (Å²) in [6.07, 6.45) is -2.01. The van der Waals surface area contributed by atoms with Crippen LogP contribution in [0.15, 0.2) is 54.6 Å². The van der Waals surface area contributed by atoms with Gasteiger partial charge in [0.15, 0.2) is 5.79 Å². The number of aliphatic hydroxyl groups is 1. The number of aliphatic hydroxyl groups excluding tert-OH is 1. The van der Waals surface area contributed by atoms with E-state index in [9.17, 15) is 5.11 Å². The zero-order valence-electron chi connectivity index (χ0n) is 21.1. The molecule has 0 saturated carbocycles. The van der Waals surface area contributed by atoms with Crippen LogP contribution in [0.4, 0.5) is 0 Å². The van der Waals surface area contributed by atoms with Crippen molar-refractivity contribution in [3.8, 4) is 5.75 Å². The van der Waals surface area contributed by atoms with Gasteiger partial charge in [0.25, 0.3) is 0 Å². The molecule has 3 fully saturated rings. The van der Waals surface area contributed by atoms with Crippen molar-refractivity contribution in [2.24, 2.45) is 0 Å². The maximum Gasteiger partial charge on any atom is 0.163 e. The van der Waals surface area contributed by atoms with E-state index < -0.39 is 30.2 Å². The van der Waals surface area contributed by atoms with E-state index in [4.69, 9.17) is 33.2 Å². The summed E-state index contributed by atoms with van der Waals surface area (Å²) in [5.74, 6) is 0.119. The predicted octanol–water partition coefficient (Wildman–Crippen LogP) is 3.23. The van der Waals surface area contributed by atoms with Crippen LogP contribution in [0.3, 0.4) is 0 Å². The van der Waals surface area contributed by atoms with Crippen LogP contribution in [0.25, 0.3) is 0 Å². The third kappa shape index (κ3) is 5.75. The molecule has 5 rings (SSSR count). The number of hydrogen-bond donors (Lipinski definition) is 1. The number of benzene rings is 2. The molecule has 3 aliphatic heterocycles. The smallest absolute Gasteiger partial charge is 0.163 e. The minimum Gasteiger partial charge on any atom is -0.497 e. The monoisotopic (exact) mass is 500 g/mol. The second-order valence-corrected chi connectivity index (χ2v) is 10.0. The molecule has 3 aliphatic rings. The van der Waals surface area contributed by atoms with Crippen LogP contribution in [0.5, 0.6) is 5.75 Å². The third-order valence-corrected chi connectivity index (χ3v) is 7.00. The van der Waals surface area contributed by atoms with E-state index in [1.54, 1.807) is 7.11 Å². The fourth-order valence-corrected chi connectivity index (χ4v) is 5.29. The van der Waals surface area contributed by atoms with E-state index in [2.05, 4.69) is 0 Å². The van der Waals surface area contributed by atoms with Gasteiger partial charge in [-0.15, -0.1) is 0 Å². The molecule has 3 saturated heterocycles. The van der Waals surface area contributed by atoms with Crippen molar-refractivity contribution in [3.63, 3.8) is 0 Å². The highest BCUT2D eigenvalue weighted by Crippen LogP contribution is 2.39. The first-order chi connectivity index (χ1) is 17.5. The first-order valence-corrected chi connectivity index (χ1v) is 12.6. The van der Waals surface area contributed by atoms with Crippen LogP contribution in [-0.2, 0) is 41.6 Å². The third-order valence-electron chi connectivity index (χ3n) is 7.00. The minimum absolute atomic E-state index is 0.152. The van der Waals surface area contributed by atoms with Crippen molar-refractivity contribution in [3.05, 3.63) is 65.7 Å². The van der Waals surface area contributed by atoms with Gasteiger partial charge in [-0.25, -0.2) is 0 Å². The molecule has 3 heterocycles. The molecule has 0 bridgehead atoms. The lowest BCUT2D eigenvalue weighted by molar-refractivity contribution is -0.271. The summed E-state index contributed by atoms with van der Waals surface area (Å²) in [6.45, 7) is 4.73. The lowest BCUT2D eigenvalue weighted by Crippen LogP contribution is -2.61. The van der Waals surface area contributed by atoms with Gasteiger partial charge in [-0.1, -0.05) is 42.5 Å². The summed E-state index contributed by atoms with van der Waals surface area (Å²) in [7, 11) is 1.64. The molecule has 0 aromatic heterocycles. The van der Waals surface area contributed by atoms with Crippen molar-refractivity contribution in [2.45, 2.75) is 82.0 Å². The van der Waals surface area contributed by atoms with Gasteiger partial charge in [0.05, 0.1) is 45.7 Å². The molecule has 2 aromatic carbocycles. The number of methoxy groups -OCH3 is 1. The highest BCUT2D eigenvalue weighted by Gasteiger charge is 2.53. The van der Waals surface area contributed by atoms with Crippen LogP contribution >= 0.6 is 0 Å². The largest absolute Gasteiger partial charge is 0.497 e. The van der Waals surface area contributed by atoms with Gasteiger partial charge in [0, 0.05) is 6.42 Å². The van der Waals surface area contributed by atoms with Crippen molar-refractivity contribution < 1.29 is 38.3 Å². The van der Waals surface area contributed by atoms with Crippen LogP contribution in [0, 0.1) is 0 Å². The summed E-state index contributed by atoms with van der Waals surface area (Å²) < 4.78 is 43.1. The molecular weight excluding hydrogens is 464 g/mol. The second-order valence-electron chi connectivity index (χ2n) is 10.0. The lowest BCUT2D eigenvalue weighted by Gasteiger charge is -2.45. The summed E-state index contributed by atoms with van der Waals surface area (Å²) in [5.41, 5.74) is 2.03. The van der Waals surface area contributed by atoms with Gasteiger partial charge < -0.3 is 38.3 Å². The maximum absolute atomic E-state index is 10.3. The molecule has 8 nitrogen and oxygen atoms in total. The van der Waals surface area contributed by atoms with Gasteiger partial charge in [0.2, 0.25) is 0 Å². The SMILES string of the molecule is COc1ccc(CO[C@H]2[C@H](OCc3ccccc3)[C@H]3OC[C@H]4OC(C)(C)O[C@H]4C[C@@H]3O[C@@H]2CO)cc1. The first-order valence-electron chi connectivity index (χ1n) is 12.6. The molecule has 1 N–H and O–H groups in total. The van der Waals surface area contributed by atoms with Crippen molar-refractivity contribution >= 4 is 0 Å². The van der Waals surface area contributed by atoms with E-state index in [-0.39, 0.29) is 24.9 Å². The highest BCUT2D eigenvalue weighted by atomic mass is 16.8. The normalized spacial score (nSPS) is 33.4. The van der Waals surface area contributed by atoms with E-state index in [1.807, 2.05) is 68.4 Å². The molecule has 0 aliphatic carbocycles. The molecule has 0 amide bonds. The van der Waals surface area contributed by atoms with E-state index in [0.29, 0.717) is 26.2 Å². The number of rotatable bonds is 8. The Morgan fingerprint density at radius 3 is 2.22 bits per heavy atom. The molecule has 0 unspecified atom stereocenters. The molecule has 7 atom stereocenters. The van der Waals surface area contributed by atoms with Gasteiger partial charge in [-0.05, 0) is 37.1 Å². The van der Waals surface area contributed by atoms with Gasteiger partial charge in [0.1, 0.15) is 36.3 Å². The van der Waals surface area contributed by atoms with Crippen molar-refractivity contribution in [1.29, 1.82) is 0 Å². The Labute approximate surface area is 212 Å². The van der Waals surface area contributed by atoms with Crippen LogP contribution in [0.1, 0.15) is 31.4 Å². The zero-order chi connectivity index (χ0) is 25.1. The predicted molar refractivity (Wildman–Crippen MR) is 131 cm³/mol. The Hall–Kier alpha value is -2.04. The summed E-state index contributed by atoms with van der Waals surface area (Å²) in [5, 5.41) is 10.3. The van der Waals surface area contributed by atoms with Crippen LogP contribution in [-0.4, -0.2) is 73.9 Å². The fourth-order valence-electron chi connectivity index (χ4n) is 5.29. The first kappa shape index (κ1) is 25.6. The molecule has 196 valence electrons. The van der Waals surface area contributed by atoms with Crippen LogP contribution < -0.4 is 4.74 Å². The average molecular weight is 501 g/mol. The zero-order valence-corrected chi connectivity index (χ0v) is 21.1. The molecular formula is C28H36O8. The van der Waals surface area contributed by atoms with Crippen molar-refractivity contribution in [2.75, 3.05) is 20.3 Å². The quantitative estimate of drug-likeness (QED) is 0.592. The topological polar surface area (TPSA) is 84.8 Å². The highest BCUT2D eigenvalue weighted by molar-refractivity contribution is 5.26. The molecule has 0 spiro atoms. The van der Waals surface area contributed by atoms with Gasteiger partial charge in [-0.2, -0.15) is 0 Å². The van der Waals surface area contributed by atoms with Gasteiger partial charge >= 0.3 is 0 Å². The summed E-state index contributed by atoms with van der Waals surface area (Å²) in [6, 6.07) is 17.7. The average Bonchev–Trinajstić information content (AvgIpc) is 3.08. The Morgan fingerprint density at radius 2 is 1.53 bits per heavy atom. The number of ether oxygens (including phenoxy) is 7. The number of hydrogen-bond acceptors (Lipinski definition) is 8. The standard InChI is InChI=1S/C28H36O8/c1-28(2)35-21-13-22-25(33-17-24(21)36-28)27(32-15-18-7-5-4-6-8-18)26(23(14-29)34-22)31-16-19-9-11-20(30-3)12-10-19/h4-12,21-27,29H,13-17H2,1-3H3/t21-,22-,23+,24+,25-,26+,27+/m0/s1. The van der Waals surface area contributed by atoms with E-state index in [0.717, 1.165) is 16.9 Å². The fraction of sp³-hybridized carbons (Fsp3) is 0.571. The Morgan fingerprint density at radius 1 is 0.861 bits per heavy atom. The molecule has 36 heavy (non-hydrogen) atoms. The van der Waals surface area contributed by atoms with E-state index in [1.165, 1.54) is 0 Å². The van der Waals surface area contributed by atoms with E-state index >= 15 is 0 Å². The summed E-state index contributed by atoms with van der Waals surface area (Å²) >= 11 is 0. The van der Waals surface area contributed by atoms with Crippen molar-refractivity contribution in [1.82, 2.24) is 0 Å². The molecule has 2 aromatic rings. The minimum atomic E-state index is -0.663. The Kier molecular flexibility index (Phi) is 7.93. The summed E-state index contributed by atoms with van der Waals surface area (Å²) in [4.78, 5) is 0. The Balaban J connectivity index is 1.36. The lowest BCUT2D eigenvalue weighted by atomic mass is 9.91. The molecule has 0 radical (unpaired) electrons. The molecule has 8 heteroatoms. The maximum atomic E-state index is 10.3. The van der Waals surface area contributed by atoms with Crippen LogP contribution in [0.2, 0.25) is 0 Å². The van der Waals surface area contributed by atoms with Gasteiger partial charge in [-0.3, -0.25) is 0 Å². The second kappa shape index (κ2) is 11.1. The Bertz CT molecular complexity index is 965. The number of fused-ring (bicyclic) bond motifs is 2.